The van der Waals surface area contributed by atoms with E-state index in [1.165, 1.54) is 12.8 Å². The van der Waals surface area contributed by atoms with Gasteiger partial charge in [0.2, 0.25) is 0 Å². The minimum Gasteiger partial charge on any atom is -0.389 e. The van der Waals surface area contributed by atoms with E-state index in [0.717, 1.165) is 18.8 Å². The molecule has 0 saturated carbocycles. The number of amides is 1. The lowest BCUT2D eigenvalue weighted by molar-refractivity contribution is -0.0260. The molecule has 0 radical (unpaired) electrons. The van der Waals surface area contributed by atoms with E-state index in [-0.39, 0.29) is 18.6 Å². The number of halogens is 1. The van der Waals surface area contributed by atoms with Gasteiger partial charge in [0.05, 0.1) is 29.5 Å². The van der Waals surface area contributed by atoms with E-state index in [0.29, 0.717) is 23.6 Å². The van der Waals surface area contributed by atoms with E-state index in [1.807, 2.05) is 6.07 Å². The second-order valence-corrected chi connectivity index (χ2v) is 6.28. The molecule has 2 heterocycles. The Morgan fingerprint density at radius 2 is 2.14 bits per heavy atom. The van der Waals surface area contributed by atoms with Crippen molar-refractivity contribution in [1.82, 2.24) is 5.32 Å². The minimum atomic E-state index is -0.656. The van der Waals surface area contributed by atoms with Gasteiger partial charge in [0.25, 0.3) is 5.91 Å². The van der Waals surface area contributed by atoms with Crippen LogP contribution in [0.3, 0.4) is 0 Å². The van der Waals surface area contributed by atoms with Crippen molar-refractivity contribution in [2.45, 2.75) is 31.4 Å². The van der Waals surface area contributed by atoms with E-state index in [4.69, 9.17) is 16.3 Å². The van der Waals surface area contributed by atoms with Gasteiger partial charge >= 0.3 is 0 Å². The van der Waals surface area contributed by atoms with Gasteiger partial charge in [-0.1, -0.05) is 11.6 Å². The minimum absolute atomic E-state index is 0.208. The Labute approximate surface area is 135 Å². The van der Waals surface area contributed by atoms with Crippen molar-refractivity contribution in [2.24, 2.45) is 0 Å². The van der Waals surface area contributed by atoms with Crippen LogP contribution in [-0.4, -0.2) is 49.5 Å². The molecule has 0 aromatic heterocycles. The predicted octanol–water partition coefficient (Wildman–Crippen LogP) is 1.82. The quantitative estimate of drug-likeness (QED) is 0.890. The number of benzene rings is 1. The highest BCUT2D eigenvalue weighted by atomic mass is 35.5. The van der Waals surface area contributed by atoms with Crippen LogP contribution >= 0.6 is 11.6 Å². The molecule has 2 saturated heterocycles. The van der Waals surface area contributed by atoms with Crippen LogP contribution in [0.2, 0.25) is 5.02 Å². The molecule has 6 heteroatoms. The van der Waals surface area contributed by atoms with Crippen molar-refractivity contribution in [2.75, 3.05) is 31.2 Å². The van der Waals surface area contributed by atoms with Crippen molar-refractivity contribution in [1.29, 1.82) is 0 Å². The number of carbonyl (C=O) groups is 1. The van der Waals surface area contributed by atoms with E-state index >= 15 is 0 Å². The number of nitrogens with one attached hydrogen (secondary N) is 1. The molecule has 2 atom stereocenters. The predicted molar refractivity (Wildman–Crippen MR) is 85.6 cm³/mol. The summed E-state index contributed by atoms with van der Waals surface area (Å²) >= 11 is 6.33. The second-order valence-electron chi connectivity index (χ2n) is 5.87. The first-order valence-electron chi connectivity index (χ1n) is 7.76. The molecule has 1 amide bonds. The van der Waals surface area contributed by atoms with E-state index in [2.05, 4.69) is 10.2 Å². The molecule has 0 aliphatic carbocycles. The zero-order valence-electron chi connectivity index (χ0n) is 12.4. The molecule has 2 aliphatic rings. The topological polar surface area (TPSA) is 61.8 Å². The maximum absolute atomic E-state index is 12.3. The number of hydrogen-bond donors (Lipinski definition) is 2. The van der Waals surface area contributed by atoms with Gasteiger partial charge in [-0.25, -0.2) is 0 Å². The number of ether oxygens (including phenoxy) is 1. The highest BCUT2D eigenvalue weighted by Crippen LogP contribution is 2.29. The van der Waals surface area contributed by atoms with Gasteiger partial charge in [-0.05, 0) is 37.5 Å². The maximum atomic E-state index is 12.3. The summed E-state index contributed by atoms with van der Waals surface area (Å²) in [5, 5.41) is 13.3. The second kappa shape index (κ2) is 6.86. The molecule has 3 rings (SSSR count). The van der Waals surface area contributed by atoms with Crippen molar-refractivity contribution < 1.29 is 14.6 Å². The normalized spacial score (nSPS) is 25.3. The Balaban J connectivity index is 1.68. The van der Waals surface area contributed by atoms with Crippen molar-refractivity contribution in [3.8, 4) is 0 Å². The summed E-state index contributed by atoms with van der Waals surface area (Å²) in [6.07, 6.45) is 2.32. The van der Waals surface area contributed by atoms with E-state index < -0.39 is 6.10 Å². The first-order valence-corrected chi connectivity index (χ1v) is 8.14. The lowest BCUT2D eigenvalue weighted by Crippen LogP contribution is -2.48. The molecule has 22 heavy (non-hydrogen) atoms. The summed E-state index contributed by atoms with van der Waals surface area (Å²) in [6.45, 7) is 2.84. The smallest absolute Gasteiger partial charge is 0.251 e. The van der Waals surface area contributed by atoms with Gasteiger partial charge in [0.1, 0.15) is 0 Å². The molecule has 120 valence electrons. The monoisotopic (exact) mass is 324 g/mol. The van der Waals surface area contributed by atoms with Gasteiger partial charge in [-0.3, -0.25) is 4.79 Å². The van der Waals surface area contributed by atoms with Crippen LogP contribution < -0.4 is 10.2 Å². The molecular weight excluding hydrogens is 304 g/mol. The first-order chi connectivity index (χ1) is 10.6. The average Bonchev–Trinajstić information content (AvgIpc) is 3.03. The van der Waals surface area contributed by atoms with Crippen LogP contribution in [-0.2, 0) is 4.74 Å². The van der Waals surface area contributed by atoms with Crippen LogP contribution in [0.25, 0.3) is 0 Å². The van der Waals surface area contributed by atoms with Crippen LogP contribution in [0.1, 0.15) is 29.6 Å². The standard InChI is InChI=1S/C16H21ClN2O3/c17-12-9-11(3-4-14(12)19-6-1-2-7-19)16(21)18-13-5-8-22-10-15(13)20/h3-4,9,13,15,20H,1-2,5-8,10H2,(H,18,21)/t13-,15-/m1/s1. The Hall–Kier alpha value is -1.30. The van der Waals surface area contributed by atoms with Gasteiger partial charge < -0.3 is 20.1 Å². The maximum Gasteiger partial charge on any atom is 0.251 e. The molecule has 0 bridgehead atoms. The zero-order valence-corrected chi connectivity index (χ0v) is 13.2. The summed E-state index contributed by atoms with van der Waals surface area (Å²) in [4.78, 5) is 14.6. The van der Waals surface area contributed by atoms with Crippen molar-refractivity contribution in [3.05, 3.63) is 28.8 Å². The van der Waals surface area contributed by atoms with Crippen molar-refractivity contribution >= 4 is 23.2 Å². The lowest BCUT2D eigenvalue weighted by Gasteiger charge is -2.28. The van der Waals surface area contributed by atoms with Gasteiger partial charge in [-0.15, -0.1) is 0 Å². The highest BCUT2D eigenvalue weighted by Gasteiger charge is 2.26. The molecule has 2 N–H and O–H groups in total. The number of carbonyl (C=O) groups excluding carboxylic acids is 1. The molecule has 1 aromatic rings. The molecule has 5 nitrogen and oxygen atoms in total. The van der Waals surface area contributed by atoms with Crippen molar-refractivity contribution in [3.63, 3.8) is 0 Å². The number of aliphatic hydroxyl groups is 1. The largest absolute Gasteiger partial charge is 0.389 e. The molecular formula is C16H21ClN2O3. The Bertz CT molecular complexity index is 546. The highest BCUT2D eigenvalue weighted by molar-refractivity contribution is 6.33. The number of rotatable bonds is 3. The lowest BCUT2D eigenvalue weighted by atomic mass is 10.1. The fraction of sp³-hybridized carbons (Fsp3) is 0.562. The van der Waals surface area contributed by atoms with E-state index in [9.17, 15) is 9.90 Å². The summed E-state index contributed by atoms with van der Waals surface area (Å²) in [6, 6.07) is 5.14. The average molecular weight is 325 g/mol. The fourth-order valence-corrected chi connectivity index (χ4v) is 3.31. The van der Waals surface area contributed by atoms with Crippen LogP contribution in [0, 0.1) is 0 Å². The van der Waals surface area contributed by atoms with Gasteiger partial charge in [0.15, 0.2) is 0 Å². The number of hydrogen-bond acceptors (Lipinski definition) is 4. The van der Waals surface area contributed by atoms with Gasteiger partial charge in [-0.2, -0.15) is 0 Å². The van der Waals surface area contributed by atoms with Crippen LogP contribution in [0.5, 0.6) is 0 Å². The molecule has 2 aliphatic heterocycles. The van der Waals surface area contributed by atoms with Crippen LogP contribution in [0.4, 0.5) is 5.69 Å². The van der Waals surface area contributed by atoms with E-state index in [1.54, 1.807) is 12.1 Å². The summed E-state index contributed by atoms with van der Waals surface area (Å²) in [5.41, 5.74) is 1.51. The fourth-order valence-electron chi connectivity index (χ4n) is 3.01. The third-order valence-electron chi connectivity index (χ3n) is 4.30. The Morgan fingerprint density at radius 1 is 1.36 bits per heavy atom. The third-order valence-corrected chi connectivity index (χ3v) is 4.60. The number of nitrogens with zero attached hydrogens (tertiary/aromatic N) is 1. The molecule has 0 unspecified atom stereocenters. The third kappa shape index (κ3) is 3.37. The van der Waals surface area contributed by atoms with Crippen LogP contribution in [0.15, 0.2) is 18.2 Å². The Kier molecular flexibility index (Phi) is 4.86. The number of anilines is 1. The first kappa shape index (κ1) is 15.6. The summed E-state index contributed by atoms with van der Waals surface area (Å²) < 4.78 is 5.16. The number of aliphatic hydroxyl groups excluding tert-OH is 1. The summed E-state index contributed by atoms with van der Waals surface area (Å²) in [7, 11) is 0. The molecule has 1 aromatic carbocycles. The molecule has 0 spiro atoms. The molecule has 2 fully saturated rings. The zero-order chi connectivity index (χ0) is 15.5. The SMILES string of the molecule is O=C(N[C@@H]1CCOC[C@H]1O)c1ccc(N2CCCC2)c(Cl)c1. The van der Waals surface area contributed by atoms with Gasteiger partial charge in [0, 0.05) is 25.3 Å². The Morgan fingerprint density at radius 3 is 2.82 bits per heavy atom. The summed E-state index contributed by atoms with van der Waals surface area (Å²) in [5.74, 6) is -0.208.